The van der Waals surface area contributed by atoms with Crippen LogP contribution in [0.25, 0.3) is 0 Å². The number of nitrogens with one attached hydrogen (secondary N) is 1. The van der Waals surface area contributed by atoms with Crippen LogP contribution in [0.15, 0.2) is 15.9 Å². The minimum absolute atomic E-state index is 0.558. The topological polar surface area (TPSA) is 18.5 Å². The van der Waals surface area contributed by atoms with E-state index in [0.717, 1.165) is 6.42 Å². The van der Waals surface area contributed by atoms with Crippen molar-refractivity contribution in [2.24, 2.45) is 0 Å². The second-order valence-corrected chi connectivity index (χ2v) is 7.05. The maximum atomic E-state index is 3.65. The van der Waals surface area contributed by atoms with E-state index in [-0.39, 0.29) is 0 Å². The molecule has 0 radical (unpaired) electrons. The lowest BCUT2D eigenvalue weighted by Crippen LogP contribution is -2.66. The molecule has 0 saturated carbocycles. The number of rotatable bonds is 4. The molecule has 2 bridgehead atoms. The standard InChI is InChI=1S/C13H20BrN3S/c1-15-11(8-13-10(14)2-7-18-13)12-9-16-3-5-17(12)6-4-16/h2,7,11-12,15H,3-6,8-9H2,1H3. The van der Waals surface area contributed by atoms with Gasteiger partial charge in [0.2, 0.25) is 0 Å². The highest BCUT2D eigenvalue weighted by Crippen LogP contribution is 2.27. The zero-order valence-corrected chi connectivity index (χ0v) is 13.1. The first-order chi connectivity index (χ1) is 8.78. The Labute approximate surface area is 121 Å². The third kappa shape index (κ3) is 2.51. The van der Waals surface area contributed by atoms with Crippen LogP contribution in [0.5, 0.6) is 0 Å². The van der Waals surface area contributed by atoms with Crippen molar-refractivity contribution in [3.8, 4) is 0 Å². The summed E-state index contributed by atoms with van der Waals surface area (Å²) in [6, 6.07) is 3.39. The Morgan fingerprint density at radius 1 is 1.44 bits per heavy atom. The molecule has 3 saturated heterocycles. The first-order valence-electron chi connectivity index (χ1n) is 6.63. The van der Waals surface area contributed by atoms with Gasteiger partial charge in [-0.05, 0) is 40.8 Å². The molecule has 4 rings (SSSR count). The summed E-state index contributed by atoms with van der Waals surface area (Å²) < 4.78 is 1.27. The van der Waals surface area contributed by atoms with Crippen LogP contribution < -0.4 is 5.32 Å². The molecule has 1 N–H and O–H groups in total. The molecule has 3 nitrogen and oxygen atoms in total. The largest absolute Gasteiger partial charge is 0.315 e. The zero-order chi connectivity index (χ0) is 12.5. The van der Waals surface area contributed by atoms with E-state index < -0.39 is 0 Å². The lowest BCUT2D eigenvalue weighted by atomic mass is 9.97. The van der Waals surface area contributed by atoms with Gasteiger partial charge in [-0.25, -0.2) is 0 Å². The molecule has 0 aromatic carbocycles. The molecule has 0 aliphatic carbocycles. The Bertz CT molecular complexity index is 401. The Morgan fingerprint density at radius 3 is 2.72 bits per heavy atom. The van der Waals surface area contributed by atoms with Crippen molar-refractivity contribution in [2.75, 3.05) is 39.8 Å². The van der Waals surface area contributed by atoms with Crippen LogP contribution in [0.2, 0.25) is 0 Å². The van der Waals surface area contributed by atoms with Crippen molar-refractivity contribution in [3.05, 3.63) is 20.8 Å². The van der Waals surface area contributed by atoms with Gasteiger partial charge in [0.15, 0.2) is 0 Å². The highest BCUT2D eigenvalue weighted by molar-refractivity contribution is 9.10. The number of nitrogens with zero attached hydrogens (tertiary/aromatic N) is 2. The van der Waals surface area contributed by atoms with Gasteiger partial charge in [0.25, 0.3) is 0 Å². The van der Waals surface area contributed by atoms with Crippen molar-refractivity contribution in [3.63, 3.8) is 0 Å². The van der Waals surface area contributed by atoms with Crippen molar-refractivity contribution < 1.29 is 0 Å². The molecule has 100 valence electrons. The second-order valence-electron chi connectivity index (χ2n) is 5.19. The number of halogens is 1. The Kier molecular flexibility index (Phi) is 4.06. The minimum atomic E-state index is 0.558. The van der Waals surface area contributed by atoms with Crippen LogP contribution in [0.4, 0.5) is 0 Å². The number of likely N-dealkylation sites (N-methyl/N-ethyl adjacent to an activating group) is 1. The highest BCUT2D eigenvalue weighted by Gasteiger charge is 2.36. The predicted octanol–water partition coefficient (Wildman–Crippen LogP) is 1.64. The fraction of sp³-hybridized carbons (Fsp3) is 0.692. The average Bonchev–Trinajstić information content (AvgIpc) is 2.82. The molecule has 0 spiro atoms. The number of thiophene rings is 1. The van der Waals surface area contributed by atoms with E-state index in [4.69, 9.17) is 0 Å². The van der Waals surface area contributed by atoms with E-state index in [0.29, 0.717) is 12.1 Å². The Hall–Kier alpha value is 0.0600. The van der Waals surface area contributed by atoms with Crippen LogP contribution in [0, 0.1) is 0 Å². The fourth-order valence-corrected chi connectivity index (χ4v) is 4.71. The zero-order valence-electron chi connectivity index (χ0n) is 10.7. The number of hydrogen-bond donors (Lipinski definition) is 1. The fourth-order valence-electron chi connectivity index (χ4n) is 3.14. The van der Waals surface area contributed by atoms with Gasteiger partial charge in [-0.1, -0.05) is 0 Å². The predicted molar refractivity (Wildman–Crippen MR) is 80.4 cm³/mol. The van der Waals surface area contributed by atoms with Crippen molar-refractivity contribution in [1.29, 1.82) is 0 Å². The van der Waals surface area contributed by atoms with Gasteiger partial charge in [0.1, 0.15) is 0 Å². The van der Waals surface area contributed by atoms with E-state index in [9.17, 15) is 0 Å². The van der Waals surface area contributed by atoms with Crippen LogP contribution in [-0.4, -0.2) is 61.7 Å². The molecule has 1 aromatic heterocycles. The molecule has 2 unspecified atom stereocenters. The maximum Gasteiger partial charge on any atom is 0.0381 e. The first kappa shape index (κ1) is 13.1. The van der Waals surface area contributed by atoms with Crippen LogP contribution in [0.1, 0.15) is 4.88 Å². The molecular formula is C13H20BrN3S. The Balaban J connectivity index is 1.71. The number of piperazine rings is 3. The van der Waals surface area contributed by atoms with E-state index in [2.05, 4.69) is 49.5 Å². The second kappa shape index (κ2) is 5.59. The maximum absolute atomic E-state index is 3.65. The SMILES string of the molecule is CNC(Cc1sccc1Br)C1CN2CCN1CC2. The van der Waals surface area contributed by atoms with Crippen molar-refractivity contribution in [2.45, 2.75) is 18.5 Å². The molecule has 0 amide bonds. The molecule has 18 heavy (non-hydrogen) atoms. The van der Waals surface area contributed by atoms with Gasteiger partial charge in [-0.3, -0.25) is 9.80 Å². The van der Waals surface area contributed by atoms with E-state index in [1.807, 2.05) is 11.3 Å². The molecule has 2 atom stereocenters. The first-order valence-corrected chi connectivity index (χ1v) is 8.30. The van der Waals surface area contributed by atoms with Gasteiger partial charge in [-0.15, -0.1) is 11.3 Å². The summed E-state index contributed by atoms with van der Waals surface area (Å²) in [5.74, 6) is 0. The monoisotopic (exact) mass is 329 g/mol. The van der Waals surface area contributed by atoms with Crippen LogP contribution >= 0.6 is 27.3 Å². The summed E-state index contributed by atoms with van der Waals surface area (Å²) in [4.78, 5) is 6.74. The molecule has 5 heteroatoms. The minimum Gasteiger partial charge on any atom is -0.315 e. The summed E-state index contributed by atoms with van der Waals surface area (Å²) in [5.41, 5.74) is 0. The van der Waals surface area contributed by atoms with Gasteiger partial charge in [0.05, 0.1) is 0 Å². The van der Waals surface area contributed by atoms with Crippen LogP contribution in [-0.2, 0) is 6.42 Å². The number of fused-ring (bicyclic) bond motifs is 3. The molecule has 3 aliphatic rings. The van der Waals surface area contributed by atoms with E-state index in [1.54, 1.807) is 0 Å². The molecule has 1 aromatic rings. The molecule has 4 heterocycles. The lowest BCUT2D eigenvalue weighted by molar-refractivity contribution is -0.00192. The van der Waals surface area contributed by atoms with Gasteiger partial charge < -0.3 is 5.32 Å². The summed E-state index contributed by atoms with van der Waals surface area (Å²) in [5, 5.41) is 5.71. The third-order valence-electron chi connectivity index (χ3n) is 4.25. The molecule has 3 fully saturated rings. The summed E-state index contributed by atoms with van der Waals surface area (Å²) in [6.45, 7) is 6.24. The van der Waals surface area contributed by atoms with Gasteiger partial charge in [0, 0.05) is 54.2 Å². The smallest absolute Gasteiger partial charge is 0.0381 e. The summed E-state index contributed by atoms with van der Waals surface area (Å²) >= 11 is 5.51. The van der Waals surface area contributed by atoms with E-state index >= 15 is 0 Å². The quantitative estimate of drug-likeness (QED) is 0.906. The van der Waals surface area contributed by atoms with E-state index in [1.165, 1.54) is 42.1 Å². The highest BCUT2D eigenvalue weighted by atomic mass is 79.9. The van der Waals surface area contributed by atoms with Crippen LogP contribution in [0.3, 0.4) is 0 Å². The third-order valence-corrected chi connectivity index (χ3v) is 6.20. The normalized spacial score (nSPS) is 32.7. The van der Waals surface area contributed by atoms with Gasteiger partial charge in [-0.2, -0.15) is 0 Å². The molecular weight excluding hydrogens is 310 g/mol. The Morgan fingerprint density at radius 2 is 2.22 bits per heavy atom. The average molecular weight is 330 g/mol. The number of hydrogen-bond acceptors (Lipinski definition) is 4. The van der Waals surface area contributed by atoms with Crippen molar-refractivity contribution in [1.82, 2.24) is 15.1 Å². The summed E-state index contributed by atoms with van der Waals surface area (Å²) in [6.07, 6.45) is 1.13. The summed E-state index contributed by atoms with van der Waals surface area (Å²) in [7, 11) is 2.10. The molecule has 3 aliphatic heterocycles. The van der Waals surface area contributed by atoms with Crippen molar-refractivity contribution >= 4 is 27.3 Å². The lowest BCUT2D eigenvalue weighted by Gasteiger charge is -2.50. The van der Waals surface area contributed by atoms with Gasteiger partial charge >= 0.3 is 0 Å².